The maximum absolute atomic E-state index is 13.2. The van der Waals surface area contributed by atoms with Crippen LogP contribution in [-0.2, 0) is 0 Å². The fourth-order valence-electron chi connectivity index (χ4n) is 2.24. The minimum absolute atomic E-state index is 0.102. The van der Waals surface area contributed by atoms with Crippen LogP contribution < -0.4 is 5.32 Å². The standard InChI is InChI=1S/C14H21F2N/c1-4-10(5-2)14(17-6-3)11-7-8-12(15)13(16)9-11/h7-10,14,17H,4-6H2,1-3H3. The van der Waals surface area contributed by atoms with Crippen LogP contribution in [0.1, 0.15) is 45.2 Å². The fraction of sp³-hybridized carbons (Fsp3) is 0.571. The van der Waals surface area contributed by atoms with Gasteiger partial charge in [-0.2, -0.15) is 0 Å². The predicted molar refractivity (Wildman–Crippen MR) is 66.8 cm³/mol. The van der Waals surface area contributed by atoms with Crippen molar-refractivity contribution < 1.29 is 8.78 Å². The lowest BCUT2D eigenvalue weighted by Gasteiger charge is -2.26. The Bertz CT molecular complexity index is 348. The highest BCUT2D eigenvalue weighted by atomic mass is 19.2. The van der Waals surface area contributed by atoms with E-state index in [4.69, 9.17) is 0 Å². The highest BCUT2D eigenvalue weighted by Gasteiger charge is 2.20. The van der Waals surface area contributed by atoms with E-state index >= 15 is 0 Å². The zero-order chi connectivity index (χ0) is 12.8. The van der Waals surface area contributed by atoms with Gasteiger partial charge in [-0.05, 0) is 30.2 Å². The van der Waals surface area contributed by atoms with Crippen molar-refractivity contribution in [2.75, 3.05) is 6.54 Å². The van der Waals surface area contributed by atoms with Gasteiger partial charge in [0.2, 0.25) is 0 Å². The van der Waals surface area contributed by atoms with Gasteiger partial charge >= 0.3 is 0 Å². The number of hydrogen-bond donors (Lipinski definition) is 1. The van der Waals surface area contributed by atoms with Crippen molar-refractivity contribution in [3.8, 4) is 0 Å². The summed E-state index contributed by atoms with van der Waals surface area (Å²) in [6.07, 6.45) is 2.04. The van der Waals surface area contributed by atoms with Crippen molar-refractivity contribution in [3.63, 3.8) is 0 Å². The maximum Gasteiger partial charge on any atom is 0.159 e. The summed E-state index contributed by atoms with van der Waals surface area (Å²) < 4.78 is 26.2. The van der Waals surface area contributed by atoms with Crippen LogP contribution in [0.25, 0.3) is 0 Å². The monoisotopic (exact) mass is 241 g/mol. The molecular formula is C14H21F2N. The molecular weight excluding hydrogens is 220 g/mol. The van der Waals surface area contributed by atoms with Crippen molar-refractivity contribution >= 4 is 0 Å². The van der Waals surface area contributed by atoms with Crippen LogP contribution in [0, 0.1) is 17.6 Å². The van der Waals surface area contributed by atoms with Gasteiger partial charge in [-0.25, -0.2) is 8.78 Å². The van der Waals surface area contributed by atoms with Crippen LogP contribution in [0.15, 0.2) is 18.2 Å². The molecule has 1 aromatic carbocycles. The van der Waals surface area contributed by atoms with E-state index in [1.807, 2.05) is 6.92 Å². The van der Waals surface area contributed by atoms with Crippen molar-refractivity contribution in [1.29, 1.82) is 0 Å². The molecule has 17 heavy (non-hydrogen) atoms. The third-order valence-corrected chi connectivity index (χ3v) is 3.25. The van der Waals surface area contributed by atoms with Crippen LogP contribution in [0.3, 0.4) is 0 Å². The molecule has 0 saturated carbocycles. The lowest BCUT2D eigenvalue weighted by molar-refractivity contribution is 0.345. The number of benzene rings is 1. The second-order valence-electron chi connectivity index (χ2n) is 4.29. The molecule has 1 N–H and O–H groups in total. The van der Waals surface area contributed by atoms with E-state index in [9.17, 15) is 8.78 Å². The van der Waals surface area contributed by atoms with E-state index in [1.165, 1.54) is 12.1 Å². The Hall–Kier alpha value is -0.960. The number of nitrogens with one attached hydrogen (secondary N) is 1. The summed E-state index contributed by atoms with van der Waals surface area (Å²) in [5, 5.41) is 3.36. The molecule has 1 atom stereocenters. The molecule has 1 unspecified atom stereocenters. The first kappa shape index (κ1) is 14.1. The van der Waals surface area contributed by atoms with Crippen molar-refractivity contribution in [3.05, 3.63) is 35.4 Å². The topological polar surface area (TPSA) is 12.0 Å². The van der Waals surface area contributed by atoms with E-state index in [-0.39, 0.29) is 6.04 Å². The molecule has 0 amide bonds. The minimum atomic E-state index is -0.784. The Morgan fingerprint density at radius 1 is 1.06 bits per heavy atom. The molecule has 96 valence electrons. The van der Waals surface area contributed by atoms with Crippen molar-refractivity contribution in [2.24, 2.45) is 5.92 Å². The zero-order valence-electron chi connectivity index (χ0n) is 10.8. The first-order valence-corrected chi connectivity index (χ1v) is 6.32. The minimum Gasteiger partial charge on any atom is -0.310 e. The first-order chi connectivity index (χ1) is 8.13. The van der Waals surface area contributed by atoms with Gasteiger partial charge < -0.3 is 5.32 Å². The quantitative estimate of drug-likeness (QED) is 0.792. The normalized spacial score (nSPS) is 13.1. The summed E-state index contributed by atoms with van der Waals surface area (Å²) in [5.74, 6) is -1.11. The molecule has 1 aromatic rings. The smallest absolute Gasteiger partial charge is 0.159 e. The molecule has 1 rings (SSSR count). The zero-order valence-corrected chi connectivity index (χ0v) is 10.8. The van der Waals surface area contributed by atoms with Crippen LogP contribution in [0.5, 0.6) is 0 Å². The van der Waals surface area contributed by atoms with Crippen LogP contribution in [0.2, 0.25) is 0 Å². The van der Waals surface area contributed by atoms with Crippen LogP contribution >= 0.6 is 0 Å². The lowest BCUT2D eigenvalue weighted by Crippen LogP contribution is -2.27. The molecule has 0 radical (unpaired) electrons. The lowest BCUT2D eigenvalue weighted by atomic mass is 9.88. The molecule has 0 aliphatic rings. The Balaban J connectivity index is 2.99. The van der Waals surface area contributed by atoms with Crippen LogP contribution in [-0.4, -0.2) is 6.54 Å². The molecule has 1 nitrogen and oxygen atoms in total. The summed E-state index contributed by atoms with van der Waals surface area (Å²) >= 11 is 0. The predicted octanol–water partition coefficient (Wildman–Crippen LogP) is 4.05. The Morgan fingerprint density at radius 3 is 2.18 bits per heavy atom. The molecule has 3 heteroatoms. The number of halogens is 2. The molecule has 0 aliphatic heterocycles. The average molecular weight is 241 g/mol. The van der Waals surface area contributed by atoms with Gasteiger partial charge in [0.05, 0.1) is 0 Å². The SMILES string of the molecule is CCNC(c1ccc(F)c(F)c1)C(CC)CC. The maximum atomic E-state index is 13.2. The average Bonchev–Trinajstić information content (AvgIpc) is 2.33. The summed E-state index contributed by atoms with van der Waals surface area (Å²) in [4.78, 5) is 0. The molecule has 0 aromatic heterocycles. The van der Waals surface area contributed by atoms with Gasteiger partial charge in [0.15, 0.2) is 11.6 Å². The van der Waals surface area contributed by atoms with Gasteiger partial charge in [0.1, 0.15) is 0 Å². The van der Waals surface area contributed by atoms with E-state index in [0.29, 0.717) is 5.92 Å². The van der Waals surface area contributed by atoms with Gasteiger partial charge in [0.25, 0.3) is 0 Å². The fourth-order valence-corrected chi connectivity index (χ4v) is 2.24. The molecule has 0 aliphatic carbocycles. The number of hydrogen-bond acceptors (Lipinski definition) is 1. The Labute approximate surface area is 102 Å². The van der Waals surface area contributed by atoms with E-state index in [1.54, 1.807) is 6.07 Å². The molecule has 0 heterocycles. The second kappa shape index (κ2) is 6.70. The first-order valence-electron chi connectivity index (χ1n) is 6.32. The van der Waals surface area contributed by atoms with Gasteiger partial charge in [-0.1, -0.05) is 39.7 Å². The molecule has 0 bridgehead atoms. The van der Waals surface area contributed by atoms with Crippen molar-refractivity contribution in [1.82, 2.24) is 5.32 Å². The third-order valence-electron chi connectivity index (χ3n) is 3.25. The van der Waals surface area contributed by atoms with E-state index in [2.05, 4.69) is 19.2 Å². The Morgan fingerprint density at radius 2 is 1.71 bits per heavy atom. The van der Waals surface area contributed by atoms with Crippen molar-refractivity contribution in [2.45, 2.75) is 39.7 Å². The highest BCUT2D eigenvalue weighted by molar-refractivity contribution is 5.22. The third kappa shape index (κ3) is 3.50. The summed E-state index contributed by atoms with van der Waals surface area (Å²) in [5.41, 5.74) is 0.833. The van der Waals surface area contributed by atoms with E-state index in [0.717, 1.165) is 24.9 Å². The summed E-state index contributed by atoms with van der Waals surface area (Å²) in [7, 11) is 0. The van der Waals surface area contributed by atoms with Gasteiger partial charge in [0, 0.05) is 6.04 Å². The van der Waals surface area contributed by atoms with Crippen LogP contribution in [0.4, 0.5) is 8.78 Å². The largest absolute Gasteiger partial charge is 0.310 e. The summed E-state index contributed by atoms with van der Waals surface area (Å²) in [6.45, 7) is 7.09. The Kier molecular flexibility index (Phi) is 5.56. The van der Waals surface area contributed by atoms with Gasteiger partial charge in [-0.3, -0.25) is 0 Å². The second-order valence-corrected chi connectivity index (χ2v) is 4.29. The number of rotatable bonds is 6. The molecule has 0 fully saturated rings. The van der Waals surface area contributed by atoms with E-state index < -0.39 is 11.6 Å². The molecule has 0 spiro atoms. The van der Waals surface area contributed by atoms with Gasteiger partial charge in [-0.15, -0.1) is 0 Å². The summed E-state index contributed by atoms with van der Waals surface area (Å²) in [6, 6.07) is 4.28. The molecule has 0 saturated heterocycles. The highest BCUT2D eigenvalue weighted by Crippen LogP contribution is 2.28.